The highest BCUT2D eigenvalue weighted by Gasteiger charge is 2.21. The van der Waals surface area contributed by atoms with E-state index in [4.69, 9.17) is 23.2 Å². The van der Waals surface area contributed by atoms with Crippen molar-refractivity contribution in [2.45, 2.75) is 18.7 Å². The minimum absolute atomic E-state index is 0.0148. The quantitative estimate of drug-likeness (QED) is 0.528. The lowest BCUT2D eigenvalue weighted by molar-refractivity contribution is 0.102. The summed E-state index contributed by atoms with van der Waals surface area (Å²) in [5.41, 5.74) is 2.73. The summed E-state index contributed by atoms with van der Waals surface area (Å²) >= 11 is 12.2. The van der Waals surface area contributed by atoms with E-state index in [1.807, 2.05) is 13.0 Å². The maximum Gasteiger partial charge on any atom is 0.263 e. The number of carbonyl (C=O) groups is 1. The highest BCUT2D eigenvalue weighted by atomic mass is 35.5. The van der Waals surface area contributed by atoms with Crippen molar-refractivity contribution in [3.05, 3.63) is 87.4 Å². The Balaban J connectivity index is 1.89. The molecule has 2 N–H and O–H groups in total. The van der Waals surface area contributed by atoms with Crippen LogP contribution in [0.15, 0.2) is 65.6 Å². The van der Waals surface area contributed by atoms with Crippen LogP contribution in [0.5, 0.6) is 0 Å². The van der Waals surface area contributed by atoms with Crippen LogP contribution in [0.25, 0.3) is 0 Å². The van der Waals surface area contributed by atoms with E-state index < -0.39 is 15.9 Å². The smallest absolute Gasteiger partial charge is 0.263 e. The zero-order chi connectivity index (χ0) is 21.2. The van der Waals surface area contributed by atoms with Crippen LogP contribution in [0.2, 0.25) is 10.0 Å². The van der Waals surface area contributed by atoms with E-state index in [1.165, 1.54) is 18.2 Å². The largest absolute Gasteiger partial charge is 0.322 e. The third-order valence-corrected chi connectivity index (χ3v) is 6.56. The highest BCUT2D eigenvalue weighted by molar-refractivity contribution is 7.92. The van der Waals surface area contributed by atoms with Crippen molar-refractivity contribution in [3.63, 3.8) is 0 Å². The summed E-state index contributed by atoms with van der Waals surface area (Å²) in [5.74, 6) is -0.478. The molecule has 0 spiro atoms. The first-order valence-electron chi connectivity index (χ1n) is 8.63. The molecule has 3 aromatic rings. The molecule has 29 heavy (non-hydrogen) atoms. The van der Waals surface area contributed by atoms with Crippen molar-refractivity contribution < 1.29 is 13.2 Å². The molecular weight excluding hydrogens is 431 g/mol. The number of amides is 1. The molecule has 1 amide bonds. The van der Waals surface area contributed by atoms with E-state index >= 15 is 0 Å². The zero-order valence-electron chi connectivity index (χ0n) is 15.7. The number of benzene rings is 3. The number of anilines is 2. The van der Waals surface area contributed by atoms with Crippen molar-refractivity contribution in [1.29, 1.82) is 0 Å². The van der Waals surface area contributed by atoms with Gasteiger partial charge in [-0.15, -0.1) is 0 Å². The molecule has 5 nitrogen and oxygen atoms in total. The van der Waals surface area contributed by atoms with Crippen molar-refractivity contribution in [1.82, 2.24) is 0 Å². The van der Waals surface area contributed by atoms with Crippen LogP contribution in [0.4, 0.5) is 11.4 Å². The van der Waals surface area contributed by atoms with Gasteiger partial charge in [0, 0.05) is 16.3 Å². The SMILES string of the molecule is Cc1ccc(NC(=O)c2ccc(Cl)c(S(=O)(=O)Nc3ccccc3C)c2)cc1Cl. The van der Waals surface area contributed by atoms with Gasteiger partial charge >= 0.3 is 0 Å². The molecule has 0 fully saturated rings. The summed E-state index contributed by atoms with van der Waals surface area (Å²) in [6.07, 6.45) is 0. The molecule has 0 aromatic heterocycles. The molecule has 0 atom stereocenters. The second kappa shape index (κ2) is 8.45. The summed E-state index contributed by atoms with van der Waals surface area (Å²) < 4.78 is 28.2. The van der Waals surface area contributed by atoms with Gasteiger partial charge in [-0.05, 0) is 61.4 Å². The Kier molecular flexibility index (Phi) is 6.17. The number of aryl methyl sites for hydroxylation is 2. The minimum atomic E-state index is -3.99. The fraction of sp³-hybridized carbons (Fsp3) is 0.0952. The number of sulfonamides is 1. The van der Waals surface area contributed by atoms with Crippen LogP contribution < -0.4 is 10.0 Å². The molecule has 0 heterocycles. The van der Waals surface area contributed by atoms with Gasteiger partial charge in [0.15, 0.2) is 0 Å². The second-order valence-corrected chi connectivity index (χ2v) is 8.95. The van der Waals surface area contributed by atoms with E-state index in [-0.39, 0.29) is 15.5 Å². The molecule has 8 heteroatoms. The number of hydrogen-bond donors (Lipinski definition) is 2. The van der Waals surface area contributed by atoms with Gasteiger partial charge in [-0.3, -0.25) is 9.52 Å². The van der Waals surface area contributed by atoms with E-state index in [0.717, 1.165) is 11.1 Å². The first kappa shape index (κ1) is 21.2. The lowest BCUT2D eigenvalue weighted by atomic mass is 10.2. The van der Waals surface area contributed by atoms with Crippen molar-refractivity contribution >= 4 is 50.5 Å². The van der Waals surface area contributed by atoms with Crippen molar-refractivity contribution in [2.24, 2.45) is 0 Å². The molecule has 0 aliphatic rings. The van der Waals surface area contributed by atoms with Crippen LogP contribution in [-0.2, 0) is 10.0 Å². The monoisotopic (exact) mass is 448 g/mol. The molecule has 0 radical (unpaired) electrons. The first-order valence-corrected chi connectivity index (χ1v) is 10.9. The average molecular weight is 449 g/mol. The summed E-state index contributed by atoms with van der Waals surface area (Å²) in [7, 11) is -3.99. The molecule has 0 bridgehead atoms. The topological polar surface area (TPSA) is 75.3 Å². The highest BCUT2D eigenvalue weighted by Crippen LogP contribution is 2.27. The van der Waals surface area contributed by atoms with Gasteiger partial charge in [-0.25, -0.2) is 8.42 Å². The second-order valence-electron chi connectivity index (χ2n) is 6.48. The van der Waals surface area contributed by atoms with Crippen LogP contribution in [0.1, 0.15) is 21.5 Å². The van der Waals surface area contributed by atoms with Gasteiger partial charge in [0.1, 0.15) is 4.90 Å². The first-order chi connectivity index (χ1) is 13.7. The van der Waals surface area contributed by atoms with E-state index in [0.29, 0.717) is 16.4 Å². The van der Waals surface area contributed by atoms with Crippen LogP contribution in [0, 0.1) is 13.8 Å². The van der Waals surface area contributed by atoms with Crippen molar-refractivity contribution in [3.8, 4) is 0 Å². The van der Waals surface area contributed by atoms with Crippen LogP contribution in [-0.4, -0.2) is 14.3 Å². The molecule has 0 saturated heterocycles. The Hall–Kier alpha value is -2.54. The van der Waals surface area contributed by atoms with Gasteiger partial charge in [0.2, 0.25) is 0 Å². The van der Waals surface area contributed by atoms with Gasteiger partial charge in [0.05, 0.1) is 10.7 Å². The number of hydrogen-bond acceptors (Lipinski definition) is 3. The third-order valence-electron chi connectivity index (χ3n) is 4.30. The van der Waals surface area contributed by atoms with Gasteiger partial charge in [0.25, 0.3) is 15.9 Å². The molecular formula is C21H18Cl2N2O3S. The molecule has 0 aliphatic heterocycles. The fourth-order valence-electron chi connectivity index (χ4n) is 2.61. The van der Waals surface area contributed by atoms with Gasteiger partial charge in [-0.1, -0.05) is 47.5 Å². The summed E-state index contributed by atoms with van der Waals surface area (Å²) in [5, 5.41) is 3.23. The predicted molar refractivity (Wildman–Crippen MR) is 118 cm³/mol. The molecule has 0 aliphatic carbocycles. The Morgan fingerprint density at radius 2 is 1.59 bits per heavy atom. The molecule has 0 saturated carbocycles. The Labute approximate surface area is 179 Å². The fourth-order valence-corrected chi connectivity index (χ4v) is 4.45. The number of para-hydroxylation sites is 1. The molecule has 3 rings (SSSR count). The van der Waals surface area contributed by atoms with Crippen LogP contribution >= 0.6 is 23.2 Å². The third kappa shape index (κ3) is 4.90. The van der Waals surface area contributed by atoms with Gasteiger partial charge in [-0.2, -0.15) is 0 Å². The van der Waals surface area contributed by atoms with Crippen molar-refractivity contribution in [2.75, 3.05) is 10.0 Å². The van der Waals surface area contributed by atoms with E-state index in [9.17, 15) is 13.2 Å². The molecule has 3 aromatic carbocycles. The number of nitrogens with one attached hydrogen (secondary N) is 2. The molecule has 150 valence electrons. The summed E-state index contributed by atoms with van der Waals surface area (Å²) in [4.78, 5) is 12.4. The lowest BCUT2D eigenvalue weighted by Crippen LogP contribution is -2.17. The average Bonchev–Trinajstić information content (AvgIpc) is 2.66. The normalized spacial score (nSPS) is 11.2. The van der Waals surface area contributed by atoms with E-state index in [2.05, 4.69) is 10.0 Å². The number of rotatable bonds is 5. The maximum absolute atomic E-state index is 12.8. The lowest BCUT2D eigenvalue weighted by Gasteiger charge is -2.13. The van der Waals surface area contributed by atoms with E-state index in [1.54, 1.807) is 43.3 Å². The molecule has 0 unspecified atom stereocenters. The Morgan fingerprint density at radius 3 is 2.28 bits per heavy atom. The Morgan fingerprint density at radius 1 is 0.862 bits per heavy atom. The minimum Gasteiger partial charge on any atom is -0.322 e. The number of halogens is 2. The number of carbonyl (C=O) groups excluding carboxylic acids is 1. The zero-order valence-corrected chi connectivity index (χ0v) is 18.0. The maximum atomic E-state index is 12.8. The Bertz CT molecular complexity index is 1190. The van der Waals surface area contributed by atoms with Crippen LogP contribution in [0.3, 0.4) is 0 Å². The van der Waals surface area contributed by atoms with Gasteiger partial charge < -0.3 is 5.32 Å². The summed E-state index contributed by atoms with van der Waals surface area (Å²) in [6.45, 7) is 3.64. The predicted octanol–water partition coefficient (Wildman–Crippen LogP) is 5.66. The standard InChI is InChI=1S/C21H18Cl2N2O3S/c1-13-7-9-16(12-18(13)23)24-21(26)15-8-10-17(22)20(11-15)29(27,28)25-19-6-4-3-5-14(19)2/h3-12,25H,1-2H3,(H,24,26). The summed E-state index contributed by atoms with van der Waals surface area (Å²) in [6, 6.07) is 16.2.